The lowest BCUT2D eigenvalue weighted by Gasteiger charge is -2.09. The van der Waals surface area contributed by atoms with Crippen molar-refractivity contribution >= 4 is 11.8 Å². The number of imide groups is 1. The van der Waals surface area contributed by atoms with Gasteiger partial charge in [-0.15, -0.1) is 0 Å². The maximum atomic E-state index is 11.5. The molecular formula is C11H14N2O3. The van der Waals surface area contributed by atoms with Crippen LogP contribution >= 0.6 is 0 Å². The summed E-state index contributed by atoms with van der Waals surface area (Å²) in [5, 5.41) is 3.06. The topological polar surface area (TPSA) is 62.6 Å². The molecule has 16 heavy (non-hydrogen) atoms. The van der Waals surface area contributed by atoms with Crippen LogP contribution in [0.2, 0.25) is 0 Å². The number of carbonyl (C=O) groups is 2. The van der Waals surface area contributed by atoms with Crippen molar-refractivity contribution in [3.05, 3.63) is 24.2 Å². The smallest absolute Gasteiger partial charge is 0.246 e. The van der Waals surface area contributed by atoms with Gasteiger partial charge in [-0.2, -0.15) is 0 Å². The maximum absolute atomic E-state index is 11.5. The van der Waals surface area contributed by atoms with E-state index >= 15 is 0 Å². The second-order valence-corrected chi connectivity index (χ2v) is 3.83. The molecule has 2 heterocycles. The average molecular weight is 222 g/mol. The lowest BCUT2D eigenvalue weighted by atomic mass is 10.2. The van der Waals surface area contributed by atoms with Gasteiger partial charge in [0, 0.05) is 20.0 Å². The van der Waals surface area contributed by atoms with Crippen molar-refractivity contribution in [3.63, 3.8) is 0 Å². The zero-order chi connectivity index (χ0) is 11.5. The largest absolute Gasteiger partial charge is 0.469 e. The van der Waals surface area contributed by atoms with Gasteiger partial charge in [-0.1, -0.05) is 0 Å². The van der Waals surface area contributed by atoms with Gasteiger partial charge in [0.05, 0.1) is 18.7 Å². The third-order valence-corrected chi connectivity index (χ3v) is 2.72. The standard InChI is InChI=1S/C11H14N2O3/c1-13-10(14)7-9(11(13)15)12-5-4-8-3-2-6-16-8/h2-3,6,9,12H,4-5,7H2,1H3. The molecule has 2 rings (SSSR count). The Balaban J connectivity index is 1.79. The molecule has 0 radical (unpaired) electrons. The Bertz CT molecular complexity index is 386. The Kier molecular flexibility index (Phi) is 3.05. The lowest BCUT2D eigenvalue weighted by Crippen LogP contribution is -2.38. The third-order valence-electron chi connectivity index (χ3n) is 2.72. The number of carbonyl (C=O) groups excluding carboxylic acids is 2. The molecule has 0 spiro atoms. The van der Waals surface area contributed by atoms with Crippen LogP contribution in [0, 0.1) is 0 Å². The van der Waals surface area contributed by atoms with E-state index in [9.17, 15) is 9.59 Å². The SMILES string of the molecule is CN1C(=O)CC(NCCc2ccco2)C1=O. The van der Waals surface area contributed by atoms with Gasteiger partial charge < -0.3 is 9.73 Å². The molecule has 1 N–H and O–H groups in total. The Morgan fingerprint density at radius 2 is 2.38 bits per heavy atom. The molecule has 1 aromatic heterocycles. The van der Waals surface area contributed by atoms with Gasteiger partial charge in [0.25, 0.3) is 0 Å². The summed E-state index contributed by atoms with van der Waals surface area (Å²) in [7, 11) is 1.51. The third kappa shape index (κ3) is 2.14. The van der Waals surface area contributed by atoms with Crippen LogP contribution < -0.4 is 5.32 Å². The van der Waals surface area contributed by atoms with Gasteiger partial charge in [-0.3, -0.25) is 14.5 Å². The zero-order valence-electron chi connectivity index (χ0n) is 9.10. The molecule has 0 bridgehead atoms. The van der Waals surface area contributed by atoms with Crippen LogP contribution in [-0.2, 0) is 16.0 Å². The highest BCUT2D eigenvalue weighted by Gasteiger charge is 2.35. The quantitative estimate of drug-likeness (QED) is 0.738. The first-order valence-electron chi connectivity index (χ1n) is 5.24. The van der Waals surface area contributed by atoms with Crippen molar-refractivity contribution in [2.24, 2.45) is 0 Å². The highest BCUT2D eigenvalue weighted by molar-refractivity contribution is 6.05. The summed E-state index contributed by atoms with van der Waals surface area (Å²) in [6, 6.07) is 3.34. The first-order valence-corrected chi connectivity index (χ1v) is 5.24. The number of rotatable bonds is 4. The van der Waals surface area contributed by atoms with Crippen LogP contribution in [-0.4, -0.2) is 36.3 Å². The molecule has 1 aliphatic rings. The van der Waals surface area contributed by atoms with E-state index in [0.29, 0.717) is 13.0 Å². The van der Waals surface area contributed by atoms with Gasteiger partial charge in [-0.05, 0) is 12.1 Å². The van der Waals surface area contributed by atoms with Crippen molar-refractivity contribution in [2.45, 2.75) is 18.9 Å². The van der Waals surface area contributed by atoms with Crippen LogP contribution in [0.1, 0.15) is 12.2 Å². The highest BCUT2D eigenvalue weighted by atomic mass is 16.3. The number of amides is 2. The second kappa shape index (κ2) is 4.49. The molecule has 1 aliphatic heterocycles. The molecular weight excluding hydrogens is 208 g/mol. The second-order valence-electron chi connectivity index (χ2n) is 3.83. The molecule has 0 saturated carbocycles. The Morgan fingerprint density at radius 3 is 2.94 bits per heavy atom. The number of furan rings is 1. The van der Waals surface area contributed by atoms with Crippen molar-refractivity contribution in [1.82, 2.24) is 10.2 Å². The number of nitrogens with one attached hydrogen (secondary N) is 1. The first-order chi connectivity index (χ1) is 7.68. The summed E-state index contributed by atoms with van der Waals surface area (Å²) >= 11 is 0. The zero-order valence-corrected chi connectivity index (χ0v) is 9.10. The van der Waals surface area contributed by atoms with Gasteiger partial charge in [0.1, 0.15) is 5.76 Å². The van der Waals surface area contributed by atoms with E-state index in [2.05, 4.69) is 5.32 Å². The summed E-state index contributed by atoms with van der Waals surface area (Å²) in [4.78, 5) is 23.9. The van der Waals surface area contributed by atoms with E-state index in [4.69, 9.17) is 4.42 Å². The van der Waals surface area contributed by atoms with Crippen molar-refractivity contribution in [2.75, 3.05) is 13.6 Å². The summed E-state index contributed by atoms with van der Waals surface area (Å²) in [6.45, 7) is 0.630. The molecule has 5 nitrogen and oxygen atoms in total. The van der Waals surface area contributed by atoms with E-state index in [1.165, 1.54) is 11.9 Å². The molecule has 0 aliphatic carbocycles. The van der Waals surface area contributed by atoms with Gasteiger partial charge in [0.15, 0.2) is 0 Å². The van der Waals surface area contributed by atoms with Crippen LogP contribution in [0.3, 0.4) is 0 Å². The van der Waals surface area contributed by atoms with E-state index in [1.54, 1.807) is 6.26 Å². The van der Waals surface area contributed by atoms with E-state index < -0.39 is 0 Å². The molecule has 1 aromatic rings. The molecule has 1 saturated heterocycles. The van der Waals surface area contributed by atoms with Crippen molar-refractivity contribution in [3.8, 4) is 0 Å². The van der Waals surface area contributed by atoms with Crippen LogP contribution in [0.15, 0.2) is 22.8 Å². The van der Waals surface area contributed by atoms with Crippen LogP contribution in [0.25, 0.3) is 0 Å². The molecule has 1 unspecified atom stereocenters. The molecule has 0 aromatic carbocycles. The molecule has 2 amide bonds. The van der Waals surface area contributed by atoms with Crippen LogP contribution in [0.4, 0.5) is 0 Å². The number of nitrogens with zero attached hydrogens (tertiary/aromatic N) is 1. The highest BCUT2D eigenvalue weighted by Crippen LogP contribution is 2.10. The van der Waals surface area contributed by atoms with E-state index in [0.717, 1.165) is 5.76 Å². The minimum atomic E-state index is -0.368. The number of likely N-dealkylation sites (N-methyl/N-ethyl adjacent to an activating group) is 1. The van der Waals surface area contributed by atoms with Crippen molar-refractivity contribution in [1.29, 1.82) is 0 Å². The lowest BCUT2D eigenvalue weighted by molar-refractivity contribution is -0.137. The number of hydrogen-bond donors (Lipinski definition) is 1. The van der Waals surface area contributed by atoms with Crippen LogP contribution in [0.5, 0.6) is 0 Å². The summed E-state index contributed by atoms with van der Waals surface area (Å²) < 4.78 is 5.17. The number of likely N-dealkylation sites (tertiary alicyclic amines) is 1. The Labute approximate surface area is 93.4 Å². The minimum absolute atomic E-state index is 0.125. The van der Waals surface area contributed by atoms with E-state index in [1.807, 2.05) is 12.1 Å². The first kappa shape index (κ1) is 10.9. The van der Waals surface area contributed by atoms with Crippen molar-refractivity contribution < 1.29 is 14.0 Å². The fourth-order valence-electron chi connectivity index (χ4n) is 1.74. The molecule has 5 heteroatoms. The Morgan fingerprint density at radius 1 is 1.56 bits per heavy atom. The van der Waals surface area contributed by atoms with Gasteiger partial charge >= 0.3 is 0 Å². The number of hydrogen-bond acceptors (Lipinski definition) is 4. The van der Waals surface area contributed by atoms with Gasteiger partial charge in [-0.25, -0.2) is 0 Å². The summed E-state index contributed by atoms with van der Waals surface area (Å²) in [6.07, 6.45) is 2.59. The van der Waals surface area contributed by atoms with Gasteiger partial charge in [0.2, 0.25) is 11.8 Å². The fourth-order valence-corrected chi connectivity index (χ4v) is 1.74. The minimum Gasteiger partial charge on any atom is -0.469 e. The maximum Gasteiger partial charge on any atom is 0.246 e. The predicted molar refractivity (Wildman–Crippen MR) is 56.6 cm³/mol. The normalized spacial score (nSPS) is 20.8. The summed E-state index contributed by atoms with van der Waals surface area (Å²) in [5.41, 5.74) is 0. The average Bonchev–Trinajstić information content (AvgIpc) is 2.85. The molecule has 1 atom stereocenters. The van der Waals surface area contributed by atoms with E-state index in [-0.39, 0.29) is 24.3 Å². The fraction of sp³-hybridized carbons (Fsp3) is 0.455. The molecule has 1 fully saturated rings. The predicted octanol–water partition coefficient (Wildman–Crippen LogP) is 0.169. The Hall–Kier alpha value is -1.62. The summed E-state index contributed by atoms with van der Waals surface area (Å²) in [5.74, 6) is 0.600. The monoisotopic (exact) mass is 222 g/mol. The molecule has 86 valence electrons.